The van der Waals surface area contributed by atoms with E-state index in [0.717, 1.165) is 16.7 Å². The van der Waals surface area contributed by atoms with Gasteiger partial charge in [-0.25, -0.2) is 0 Å². The number of likely N-dealkylation sites (N-methyl/N-ethyl adjacent to an activating group) is 2. The highest BCUT2D eigenvalue weighted by Crippen LogP contribution is 2.23. The molecule has 0 aliphatic rings. The molecule has 1 amide bonds. The Bertz CT molecular complexity index is 421. The summed E-state index contributed by atoms with van der Waals surface area (Å²) in [7, 11) is 7.37. The lowest BCUT2D eigenvalue weighted by molar-refractivity contribution is -0.127. The van der Waals surface area contributed by atoms with Crippen LogP contribution in [0.4, 0.5) is 5.69 Å². The number of benzene rings is 1. The van der Waals surface area contributed by atoms with Gasteiger partial charge in [-0.3, -0.25) is 4.79 Å². The Balaban J connectivity index is 2.78. The first-order valence-corrected chi connectivity index (χ1v) is 6.59. The fraction of sp³-hybridized carbons (Fsp3) is 0.462. The zero-order valence-electron chi connectivity index (χ0n) is 11.3. The van der Waals surface area contributed by atoms with Gasteiger partial charge in [0.1, 0.15) is 0 Å². The van der Waals surface area contributed by atoms with E-state index in [4.69, 9.17) is 0 Å². The van der Waals surface area contributed by atoms with Gasteiger partial charge >= 0.3 is 0 Å². The van der Waals surface area contributed by atoms with Crippen LogP contribution in [0.5, 0.6) is 0 Å². The lowest BCUT2D eigenvalue weighted by Gasteiger charge is -2.21. The zero-order chi connectivity index (χ0) is 13.7. The third-order valence-corrected chi connectivity index (χ3v) is 3.45. The normalized spacial score (nSPS) is 10.3. The number of anilines is 1. The molecule has 0 fully saturated rings. The van der Waals surface area contributed by atoms with Crippen LogP contribution in [-0.2, 0) is 11.3 Å². The lowest BCUT2D eigenvalue weighted by atomic mass is 10.2. The first kappa shape index (κ1) is 15.0. The van der Waals surface area contributed by atoms with Crippen LogP contribution >= 0.6 is 15.9 Å². The molecule has 18 heavy (non-hydrogen) atoms. The number of carbonyl (C=O) groups is 1. The molecule has 5 heteroatoms. The van der Waals surface area contributed by atoms with Crippen molar-refractivity contribution < 1.29 is 4.79 Å². The van der Waals surface area contributed by atoms with Crippen molar-refractivity contribution in [1.29, 1.82) is 0 Å². The van der Waals surface area contributed by atoms with Crippen LogP contribution < -0.4 is 10.2 Å². The van der Waals surface area contributed by atoms with Crippen LogP contribution in [0.2, 0.25) is 0 Å². The van der Waals surface area contributed by atoms with Gasteiger partial charge in [0.05, 0.1) is 6.54 Å². The number of hydrogen-bond acceptors (Lipinski definition) is 3. The standard InChI is InChI=1S/C13H20BrN3O/c1-15-8-10-5-6-11(7-12(10)14)17(4)9-13(18)16(2)3/h5-7,15H,8-9H2,1-4H3. The van der Waals surface area contributed by atoms with Gasteiger partial charge in [-0.05, 0) is 24.7 Å². The number of halogens is 1. The third-order valence-electron chi connectivity index (χ3n) is 2.72. The van der Waals surface area contributed by atoms with Crippen molar-refractivity contribution in [2.24, 2.45) is 0 Å². The van der Waals surface area contributed by atoms with Gasteiger partial charge in [0.25, 0.3) is 0 Å². The minimum Gasteiger partial charge on any atom is -0.365 e. The smallest absolute Gasteiger partial charge is 0.241 e. The highest BCUT2D eigenvalue weighted by Gasteiger charge is 2.10. The Morgan fingerprint density at radius 3 is 2.50 bits per heavy atom. The number of rotatable bonds is 5. The molecule has 1 aromatic carbocycles. The SMILES string of the molecule is CNCc1ccc(N(C)CC(=O)N(C)C)cc1Br. The van der Waals surface area contributed by atoms with Crippen molar-refractivity contribution in [3.05, 3.63) is 28.2 Å². The molecule has 0 bridgehead atoms. The Morgan fingerprint density at radius 1 is 1.33 bits per heavy atom. The third kappa shape index (κ3) is 3.99. The fourth-order valence-corrected chi connectivity index (χ4v) is 2.05. The Labute approximate surface area is 117 Å². The van der Waals surface area contributed by atoms with Crippen molar-refractivity contribution in [2.75, 3.05) is 39.6 Å². The molecule has 0 saturated heterocycles. The van der Waals surface area contributed by atoms with Gasteiger partial charge in [-0.1, -0.05) is 22.0 Å². The van der Waals surface area contributed by atoms with E-state index in [2.05, 4.69) is 27.3 Å². The van der Waals surface area contributed by atoms with E-state index in [1.165, 1.54) is 5.56 Å². The Morgan fingerprint density at radius 2 is 2.00 bits per heavy atom. The predicted octanol–water partition coefficient (Wildman–Crippen LogP) is 1.69. The average Bonchev–Trinajstić information content (AvgIpc) is 2.31. The highest BCUT2D eigenvalue weighted by atomic mass is 79.9. The zero-order valence-corrected chi connectivity index (χ0v) is 12.9. The maximum atomic E-state index is 11.6. The second kappa shape index (κ2) is 6.75. The van der Waals surface area contributed by atoms with Gasteiger partial charge in [0.2, 0.25) is 5.91 Å². The first-order chi connectivity index (χ1) is 8.45. The summed E-state index contributed by atoms with van der Waals surface area (Å²) < 4.78 is 1.05. The van der Waals surface area contributed by atoms with Crippen molar-refractivity contribution in [2.45, 2.75) is 6.54 Å². The largest absolute Gasteiger partial charge is 0.365 e. The first-order valence-electron chi connectivity index (χ1n) is 5.80. The molecule has 1 aromatic rings. The van der Waals surface area contributed by atoms with Crippen LogP contribution in [0.3, 0.4) is 0 Å². The molecule has 0 heterocycles. The predicted molar refractivity (Wildman–Crippen MR) is 78.9 cm³/mol. The van der Waals surface area contributed by atoms with E-state index in [-0.39, 0.29) is 5.91 Å². The van der Waals surface area contributed by atoms with E-state index < -0.39 is 0 Å². The van der Waals surface area contributed by atoms with Crippen molar-refractivity contribution in [1.82, 2.24) is 10.2 Å². The van der Waals surface area contributed by atoms with Crippen LogP contribution in [0.15, 0.2) is 22.7 Å². The summed E-state index contributed by atoms with van der Waals surface area (Å²) in [5, 5.41) is 3.12. The van der Waals surface area contributed by atoms with Crippen molar-refractivity contribution in [3.8, 4) is 0 Å². The summed E-state index contributed by atoms with van der Waals surface area (Å²) in [4.78, 5) is 15.2. The van der Waals surface area contributed by atoms with E-state index >= 15 is 0 Å². The molecular weight excluding hydrogens is 294 g/mol. The molecule has 0 aliphatic heterocycles. The van der Waals surface area contributed by atoms with Crippen LogP contribution in [0, 0.1) is 0 Å². The minimum atomic E-state index is 0.0907. The van der Waals surface area contributed by atoms with E-state index in [9.17, 15) is 4.79 Å². The van der Waals surface area contributed by atoms with E-state index in [1.54, 1.807) is 19.0 Å². The van der Waals surface area contributed by atoms with Gasteiger partial charge in [0, 0.05) is 37.8 Å². The summed E-state index contributed by atoms with van der Waals surface area (Å²) in [6.07, 6.45) is 0. The number of nitrogens with one attached hydrogen (secondary N) is 1. The van der Waals surface area contributed by atoms with Gasteiger partial charge in [-0.2, -0.15) is 0 Å². The summed E-state index contributed by atoms with van der Waals surface area (Å²) in [5.41, 5.74) is 2.23. The highest BCUT2D eigenvalue weighted by molar-refractivity contribution is 9.10. The molecule has 0 atom stereocenters. The number of hydrogen-bond donors (Lipinski definition) is 1. The monoisotopic (exact) mass is 313 g/mol. The molecule has 0 saturated carbocycles. The molecule has 0 aromatic heterocycles. The van der Waals surface area contributed by atoms with Gasteiger partial charge in [-0.15, -0.1) is 0 Å². The molecule has 0 aliphatic carbocycles. The number of nitrogens with zero attached hydrogens (tertiary/aromatic N) is 2. The lowest BCUT2D eigenvalue weighted by Crippen LogP contribution is -2.34. The minimum absolute atomic E-state index is 0.0907. The van der Waals surface area contributed by atoms with Crippen LogP contribution in [-0.4, -0.2) is 45.5 Å². The van der Waals surface area contributed by atoms with E-state index in [1.807, 2.05) is 31.1 Å². The van der Waals surface area contributed by atoms with Crippen LogP contribution in [0.1, 0.15) is 5.56 Å². The quantitative estimate of drug-likeness (QED) is 0.898. The van der Waals surface area contributed by atoms with Crippen molar-refractivity contribution >= 4 is 27.5 Å². The van der Waals surface area contributed by atoms with Gasteiger partial charge < -0.3 is 15.1 Å². The molecular formula is C13H20BrN3O. The van der Waals surface area contributed by atoms with Crippen LogP contribution in [0.25, 0.3) is 0 Å². The molecule has 100 valence electrons. The second-order valence-corrected chi connectivity index (χ2v) is 5.30. The summed E-state index contributed by atoms with van der Waals surface area (Å²) in [6, 6.07) is 6.13. The molecule has 4 nitrogen and oxygen atoms in total. The van der Waals surface area contributed by atoms with E-state index in [0.29, 0.717) is 6.54 Å². The van der Waals surface area contributed by atoms with Gasteiger partial charge in [0.15, 0.2) is 0 Å². The fourth-order valence-electron chi connectivity index (χ4n) is 1.54. The molecule has 1 rings (SSSR count). The summed E-state index contributed by atoms with van der Waals surface area (Å²) in [6.45, 7) is 1.20. The average molecular weight is 314 g/mol. The molecule has 0 radical (unpaired) electrons. The summed E-state index contributed by atoms with van der Waals surface area (Å²) >= 11 is 3.55. The second-order valence-electron chi connectivity index (χ2n) is 4.45. The molecule has 0 spiro atoms. The Hall–Kier alpha value is -1.07. The number of amides is 1. The summed E-state index contributed by atoms with van der Waals surface area (Å²) in [5.74, 6) is 0.0907. The number of carbonyl (C=O) groups excluding carboxylic acids is 1. The molecule has 0 unspecified atom stereocenters. The Kier molecular flexibility index (Phi) is 5.62. The maximum absolute atomic E-state index is 11.6. The maximum Gasteiger partial charge on any atom is 0.241 e. The topological polar surface area (TPSA) is 35.6 Å². The molecule has 1 N–H and O–H groups in total. The van der Waals surface area contributed by atoms with Crippen molar-refractivity contribution in [3.63, 3.8) is 0 Å².